The van der Waals surface area contributed by atoms with Crippen molar-refractivity contribution < 1.29 is 13.9 Å². The van der Waals surface area contributed by atoms with Gasteiger partial charge in [0.25, 0.3) is 6.47 Å². The van der Waals surface area contributed by atoms with E-state index in [0.717, 1.165) is 5.56 Å². The van der Waals surface area contributed by atoms with Crippen molar-refractivity contribution >= 4 is 6.47 Å². The summed E-state index contributed by atoms with van der Waals surface area (Å²) in [5.41, 5.74) is 0.776. The lowest BCUT2D eigenvalue weighted by Crippen LogP contribution is -1.89. The van der Waals surface area contributed by atoms with E-state index < -0.39 is 0 Å². The van der Waals surface area contributed by atoms with Crippen LogP contribution in [0.2, 0.25) is 0 Å². The Morgan fingerprint density at radius 1 is 1.36 bits per heavy atom. The molecule has 0 spiro atoms. The molecule has 0 radical (unpaired) electrons. The standard InChI is InChI=1S/C8H7FO2/c9-8-3-1-7(2-4-8)5-11-6-10/h1-4,6H,5H2. The largest absolute Gasteiger partial charge is 0.463 e. The summed E-state index contributed by atoms with van der Waals surface area (Å²) in [6, 6.07) is 5.78. The second kappa shape index (κ2) is 3.71. The third-order valence-corrected chi connectivity index (χ3v) is 1.23. The summed E-state index contributed by atoms with van der Waals surface area (Å²) in [5.74, 6) is -0.292. The molecule has 0 aliphatic heterocycles. The Morgan fingerprint density at radius 2 is 2.00 bits per heavy atom. The topological polar surface area (TPSA) is 26.3 Å². The second-order valence-corrected chi connectivity index (χ2v) is 2.03. The van der Waals surface area contributed by atoms with Gasteiger partial charge in [-0.3, -0.25) is 4.79 Å². The maximum Gasteiger partial charge on any atom is 0.293 e. The van der Waals surface area contributed by atoms with Gasteiger partial charge in [-0.2, -0.15) is 0 Å². The molecule has 1 aromatic carbocycles. The van der Waals surface area contributed by atoms with Crippen LogP contribution in [0.4, 0.5) is 4.39 Å². The van der Waals surface area contributed by atoms with Gasteiger partial charge in [0.2, 0.25) is 0 Å². The van der Waals surface area contributed by atoms with E-state index in [-0.39, 0.29) is 12.4 Å². The van der Waals surface area contributed by atoms with Crippen LogP contribution in [0.3, 0.4) is 0 Å². The molecule has 0 fully saturated rings. The summed E-state index contributed by atoms with van der Waals surface area (Å²) < 4.78 is 16.8. The second-order valence-electron chi connectivity index (χ2n) is 2.03. The first-order valence-corrected chi connectivity index (χ1v) is 3.12. The average Bonchev–Trinajstić information content (AvgIpc) is 2.04. The summed E-state index contributed by atoms with van der Waals surface area (Å²) in [7, 11) is 0. The predicted octanol–water partition coefficient (Wildman–Crippen LogP) is 1.50. The van der Waals surface area contributed by atoms with Gasteiger partial charge >= 0.3 is 0 Å². The number of ether oxygens (including phenoxy) is 1. The van der Waals surface area contributed by atoms with E-state index in [0.29, 0.717) is 6.47 Å². The minimum atomic E-state index is -0.292. The molecule has 0 amide bonds. The molecule has 1 aromatic rings. The molecule has 0 aromatic heterocycles. The van der Waals surface area contributed by atoms with Crippen molar-refractivity contribution in [3.8, 4) is 0 Å². The first-order chi connectivity index (χ1) is 5.33. The summed E-state index contributed by atoms with van der Waals surface area (Å²) in [5, 5.41) is 0. The van der Waals surface area contributed by atoms with Crippen molar-refractivity contribution in [2.75, 3.05) is 0 Å². The molecule has 11 heavy (non-hydrogen) atoms. The Morgan fingerprint density at radius 3 is 2.55 bits per heavy atom. The molecule has 2 nitrogen and oxygen atoms in total. The van der Waals surface area contributed by atoms with E-state index in [9.17, 15) is 9.18 Å². The Labute approximate surface area is 63.6 Å². The summed E-state index contributed by atoms with van der Waals surface area (Å²) >= 11 is 0. The fraction of sp³-hybridized carbons (Fsp3) is 0.125. The molecule has 0 aliphatic carbocycles. The van der Waals surface area contributed by atoms with E-state index in [1.807, 2.05) is 0 Å². The smallest absolute Gasteiger partial charge is 0.293 e. The number of rotatable bonds is 3. The molecule has 0 unspecified atom stereocenters. The zero-order valence-corrected chi connectivity index (χ0v) is 5.79. The number of halogens is 1. The molecule has 58 valence electrons. The fourth-order valence-corrected chi connectivity index (χ4v) is 0.711. The molecular weight excluding hydrogens is 147 g/mol. The highest BCUT2D eigenvalue weighted by Gasteiger charge is 1.92. The van der Waals surface area contributed by atoms with E-state index in [1.165, 1.54) is 12.1 Å². The van der Waals surface area contributed by atoms with Crippen LogP contribution >= 0.6 is 0 Å². The van der Waals surface area contributed by atoms with Gasteiger partial charge in [0.05, 0.1) is 0 Å². The monoisotopic (exact) mass is 154 g/mol. The quantitative estimate of drug-likeness (QED) is 0.616. The molecule has 0 N–H and O–H groups in total. The van der Waals surface area contributed by atoms with Gasteiger partial charge < -0.3 is 4.74 Å². The minimum absolute atomic E-state index is 0.198. The third-order valence-electron chi connectivity index (χ3n) is 1.23. The van der Waals surface area contributed by atoms with Crippen LogP contribution in [-0.4, -0.2) is 6.47 Å². The van der Waals surface area contributed by atoms with Crippen molar-refractivity contribution in [1.82, 2.24) is 0 Å². The van der Waals surface area contributed by atoms with Gasteiger partial charge in [0.15, 0.2) is 0 Å². The van der Waals surface area contributed by atoms with Crippen LogP contribution in [-0.2, 0) is 16.1 Å². The zero-order chi connectivity index (χ0) is 8.10. The van der Waals surface area contributed by atoms with Gasteiger partial charge in [-0.05, 0) is 17.7 Å². The van der Waals surface area contributed by atoms with Crippen molar-refractivity contribution in [1.29, 1.82) is 0 Å². The third kappa shape index (κ3) is 2.37. The van der Waals surface area contributed by atoms with Crippen molar-refractivity contribution in [2.24, 2.45) is 0 Å². The SMILES string of the molecule is O=COCc1ccc(F)cc1. The Bertz CT molecular complexity index is 230. The summed E-state index contributed by atoms with van der Waals surface area (Å²) in [6.07, 6.45) is 0. The first-order valence-electron chi connectivity index (χ1n) is 3.12. The Balaban J connectivity index is 2.58. The highest BCUT2D eigenvalue weighted by Crippen LogP contribution is 2.02. The molecule has 0 saturated carbocycles. The summed E-state index contributed by atoms with van der Waals surface area (Å²) in [4.78, 5) is 9.75. The first kappa shape index (κ1) is 7.72. The zero-order valence-electron chi connectivity index (χ0n) is 5.79. The van der Waals surface area contributed by atoms with Gasteiger partial charge in [-0.1, -0.05) is 12.1 Å². The lowest BCUT2D eigenvalue weighted by atomic mass is 10.2. The molecule has 0 heterocycles. The predicted molar refractivity (Wildman–Crippen MR) is 37.3 cm³/mol. The number of hydrogen-bond donors (Lipinski definition) is 0. The molecule has 0 aliphatic rings. The van der Waals surface area contributed by atoms with E-state index in [1.54, 1.807) is 12.1 Å². The number of benzene rings is 1. The molecule has 0 saturated heterocycles. The highest BCUT2D eigenvalue weighted by atomic mass is 19.1. The van der Waals surface area contributed by atoms with Gasteiger partial charge in [0.1, 0.15) is 12.4 Å². The van der Waals surface area contributed by atoms with Crippen LogP contribution < -0.4 is 0 Å². The van der Waals surface area contributed by atoms with E-state index >= 15 is 0 Å². The lowest BCUT2D eigenvalue weighted by Gasteiger charge is -1.97. The highest BCUT2D eigenvalue weighted by molar-refractivity contribution is 5.37. The van der Waals surface area contributed by atoms with Gasteiger partial charge in [-0.15, -0.1) is 0 Å². The Hall–Kier alpha value is -1.38. The lowest BCUT2D eigenvalue weighted by molar-refractivity contribution is -0.129. The van der Waals surface area contributed by atoms with Crippen molar-refractivity contribution in [2.45, 2.75) is 6.61 Å². The Kier molecular flexibility index (Phi) is 2.60. The van der Waals surface area contributed by atoms with Crippen LogP contribution in [0.25, 0.3) is 0 Å². The van der Waals surface area contributed by atoms with Crippen LogP contribution in [0.1, 0.15) is 5.56 Å². The average molecular weight is 154 g/mol. The molecular formula is C8H7FO2. The maximum atomic E-state index is 12.3. The molecule has 3 heteroatoms. The van der Waals surface area contributed by atoms with Crippen LogP contribution in [0, 0.1) is 5.82 Å². The molecule has 0 atom stereocenters. The fourth-order valence-electron chi connectivity index (χ4n) is 0.711. The van der Waals surface area contributed by atoms with E-state index in [4.69, 9.17) is 0 Å². The van der Waals surface area contributed by atoms with Crippen LogP contribution in [0.5, 0.6) is 0 Å². The summed E-state index contributed by atoms with van der Waals surface area (Å²) in [6.45, 7) is 0.563. The van der Waals surface area contributed by atoms with Gasteiger partial charge in [0, 0.05) is 0 Å². The number of carbonyl (C=O) groups is 1. The normalized spacial score (nSPS) is 9.18. The minimum Gasteiger partial charge on any atom is -0.463 e. The van der Waals surface area contributed by atoms with Crippen LogP contribution in [0.15, 0.2) is 24.3 Å². The van der Waals surface area contributed by atoms with Crippen molar-refractivity contribution in [3.63, 3.8) is 0 Å². The number of carbonyl (C=O) groups excluding carboxylic acids is 1. The van der Waals surface area contributed by atoms with Crippen molar-refractivity contribution in [3.05, 3.63) is 35.6 Å². The molecule has 1 rings (SSSR count). The van der Waals surface area contributed by atoms with Gasteiger partial charge in [-0.25, -0.2) is 4.39 Å². The molecule has 0 bridgehead atoms. The maximum absolute atomic E-state index is 12.3. The number of hydrogen-bond acceptors (Lipinski definition) is 2. The van der Waals surface area contributed by atoms with E-state index in [2.05, 4.69) is 4.74 Å².